The van der Waals surface area contributed by atoms with Gasteiger partial charge in [0.2, 0.25) is 6.29 Å². The van der Waals surface area contributed by atoms with Crippen molar-refractivity contribution in [1.29, 1.82) is 0 Å². The first-order valence-corrected chi connectivity index (χ1v) is 16.0. The highest BCUT2D eigenvalue weighted by Crippen LogP contribution is 2.44. The van der Waals surface area contributed by atoms with Gasteiger partial charge in [-0.1, -0.05) is 54.6 Å². The van der Waals surface area contributed by atoms with Crippen molar-refractivity contribution < 1.29 is 58.9 Å². The van der Waals surface area contributed by atoms with E-state index in [4.69, 9.17) is 14.2 Å². The Morgan fingerprint density at radius 2 is 1.53 bits per heavy atom. The minimum absolute atomic E-state index is 0.0146. The van der Waals surface area contributed by atoms with Gasteiger partial charge in [-0.2, -0.15) is 0 Å². The van der Waals surface area contributed by atoms with Crippen LogP contribution in [0.15, 0.2) is 66.7 Å². The highest BCUT2D eigenvalue weighted by atomic mass is 16.7. The molecule has 0 spiro atoms. The van der Waals surface area contributed by atoms with Gasteiger partial charge in [0.15, 0.2) is 17.9 Å². The van der Waals surface area contributed by atoms with Gasteiger partial charge in [-0.05, 0) is 47.9 Å². The molecule has 0 bridgehead atoms. The monoisotopic (exact) mass is 694 g/mol. The molecule has 1 fully saturated rings. The number of rotatable bonds is 9. The first kappa shape index (κ1) is 35.3. The third-order valence-corrected chi connectivity index (χ3v) is 9.00. The van der Waals surface area contributed by atoms with Crippen LogP contribution in [-0.2, 0) is 22.6 Å². The van der Waals surface area contributed by atoms with Gasteiger partial charge in [0.25, 0.3) is 0 Å². The number of esters is 1. The summed E-state index contributed by atoms with van der Waals surface area (Å²) in [5.41, 5.74) is 0.782. The first-order valence-electron chi connectivity index (χ1n) is 16.0. The van der Waals surface area contributed by atoms with Crippen LogP contribution in [0.25, 0.3) is 12.2 Å². The molecule has 2 aliphatic rings. The van der Waals surface area contributed by atoms with Crippen LogP contribution in [0, 0.1) is 0 Å². The van der Waals surface area contributed by atoms with Crippen LogP contribution in [0.1, 0.15) is 83.9 Å². The van der Waals surface area contributed by atoms with Gasteiger partial charge in [-0.3, -0.25) is 19.2 Å². The molecule has 0 unspecified atom stereocenters. The number of aldehydes is 1. The Kier molecular flexibility index (Phi) is 9.97. The number of phenols is 1. The fraction of sp³-hybridized carbons (Fsp3) is 0.231. The topological polar surface area (TPSA) is 197 Å². The summed E-state index contributed by atoms with van der Waals surface area (Å²) in [6.07, 6.45) is -3.98. The van der Waals surface area contributed by atoms with Crippen LogP contribution in [0.4, 0.5) is 0 Å². The molecular formula is C39H34O12. The largest absolute Gasteiger partial charge is 0.507 e. The number of fused-ring (bicyclic) bond motifs is 2. The smallest absolute Gasteiger partial charge is 0.308 e. The number of aliphatic hydroxyl groups excluding tert-OH is 4. The number of ketones is 2. The van der Waals surface area contributed by atoms with Crippen molar-refractivity contribution in [2.45, 2.75) is 57.6 Å². The first-order chi connectivity index (χ1) is 24.4. The van der Waals surface area contributed by atoms with Gasteiger partial charge in [0.1, 0.15) is 35.6 Å². The number of phenolic OH excluding ortho intramolecular Hbond substituents is 1. The van der Waals surface area contributed by atoms with E-state index in [1.54, 1.807) is 30.4 Å². The SMILES string of the molecule is CC(=O)Oc1ccc2c(c1/C=C/c1ccccc1)C(=O)c1cc(O[C@H]3O[C@@H](C)[C@@H](O)[C@@H](O)[C@H]3O)c(Cc3cccc(CO)c3C=O)c(O)c1C2=O. The van der Waals surface area contributed by atoms with E-state index in [1.165, 1.54) is 32.0 Å². The Morgan fingerprint density at radius 1 is 0.824 bits per heavy atom. The van der Waals surface area contributed by atoms with E-state index in [2.05, 4.69) is 0 Å². The van der Waals surface area contributed by atoms with Gasteiger partial charge < -0.3 is 39.7 Å². The summed E-state index contributed by atoms with van der Waals surface area (Å²) in [4.78, 5) is 52.9. The Morgan fingerprint density at radius 3 is 2.22 bits per heavy atom. The van der Waals surface area contributed by atoms with E-state index in [-0.39, 0.29) is 56.9 Å². The number of aliphatic hydroxyl groups is 4. The van der Waals surface area contributed by atoms with Crippen LogP contribution >= 0.6 is 0 Å². The van der Waals surface area contributed by atoms with E-state index in [0.717, 1.165) is 5.56 Å². The summed E-state index contributed by atoms with van der Waals surface area (Å²) in [5.74, 6) is -2.99. The summed E-state index contributed by atoms with van der Waals surface area (Å²) in [5, 5.41) is 53.2. The number of carbonyl (C=O) groups excluding carboxylic acids is 4. The lowest BCUT2D eigenvalue weighted by Crippen LogP contribution is -2.58. The maximum absolute atomic E-state index is 14.5. The number of aromatic hydroxyl groups is 1. The lowest BCUT2D eigenvalue weighted by molar-refractivity contribution is -0.268. The molecule has 1 aliphatic carbocycles. The Labute approximate surface area is 291 Å². The lowest BCUT2D eigenvalue weighted by Gasteiger charge is -2.39. The average Bonchev–Trinajstić information content (AvgIpc) is 3.12. The Balaban J connectivity index is 1.54. The fourth-order valence-corrected chi connectivity index (χ4v) is 6.36. The van der Waals surface area contributed by atoms with Crippen LogP contribution in [0.2, 0.25) is 0 Å². The molecule has 0 radical (unpaired) electrons. The zero-order chi connectivity index (χ0) is 36.6. The number of carbonyl (C=O) groups is 4. The maximum Gasteiger partial charge on any atom is 0.308 e. The molecule has 0 saturated carbocycles. The van der Waals surface area contributed by atoms with E-state index in [0.29, 0.717) is 17.4 Å². The second-order valence-corrected chi connectivity index (χ2v) is 12.3. The fourth-order valence-electron chi connectivity index (χ4n) is 6.36. The van der Waals surface area contributed by atoms with E-state index >= 15 is 0 Å². The molecule has 4 aromatic rings. The van der Waals surface area contributed by atoms with E-state index in [9.17, 15) is 44.7 Å². The second kappa shape index (κ2) is 14.4. The third-order valence-electron chi connectivity index (χ3n) is 9.00. The molecule has 51 heavy (non-hydrogen) atoms. The van der Waals surface area contributed by atoms with Crippen LogP contribution in [-0.4, -0.2) is 80.1 Å². The number of hydrogen-bond donors (Lipinski definition) is 5. The summed E-state index contributed by atoms with van der Waals surface area (Å²) < 4.78 is 17.1. The van der Waals surface area contributed by atoms with Crippen molar-refractivity contribution in [2.75, 3.05) is 0 Å². The molecule has 5 atom stereocenters. The van der Waals surface area contributed by atoms with Gasteiger partial charge >= 0.3 is 5.97 Å². The van der Waals surface area contributed by atoms with Gasteiger partial charge in [-0.25, -0.2) is 0 Å². The molecule has 262 valence electrons. The van der Waals surface area contributed by atoms with Crippen molar-refractivity contribution in [3.63, 3.8) is 0 Å². The minimum atomic E-state index is -1.77. The molecule has 1 saturated heterocycles. The summed E-state index contributed by atoms with van der Waals surface area (Å²) >= 11 is 0. The Hall–Kier alpha value is -5.50. The Bertz CT molecular complexity index is 2070. The van der Waals surface area contributed by atoms with Crippen LogP contribution in [0.5, 0.6) is 17.2 Å². The molecule has 6 rings (SSSR count). The molecule has 1 aliphatic heterocycles. The highest BCUT2D eigenvalue weighted by Gasteiger charge is 2.44. The average molecular weight is 695 g/mol. The number of ether oxygens (including phenoxy) is 3. The molecule has 0 aromatic heterocycles. The zero-order valence-corrected chi connectivity index (χ0v) is 27.5. The summed E-state index contributed by atoms with van der Waals surface area (Å²) in [6, 6.07) is 17.7. The van der Waals surface area contributed by atoms with Crippen molar-refractivity contribution in [1.82, 2.24) is 0 Å². The standard InChI is InChI=1S/C39H34O12/c1-19-33(43)37(47)38(48)39(49-19)51-30-16-27-32(35(45)26(30)15-22-9-6-10-23(17-40)28(22)18-41)34(44)25-13-14-29(50-20(2)42)24(31(25)36(27)46)12-11-21-7-4-3-5-8-21/h3-14,16,18-19,33,37-40,43,45,47-48H,15,17H2,1-2H3/b12-11+/t19-,33+,37+,38+,39+/m0/s1. The normalized spacial score (nSPS) is 21.3. The quantitative estimate of drug-likeness (QED) is 0.0654. The van der Waals surface area contributed by atoms with E-state index < -0.39 is 60.6 Å². The van der Waals surface area contributed by atoms with Gasteiger partial charge in [0.05, 0.1) is 18.3 Å². The minimum Gasteiger partial charge on any atom is -0.507 e. The third kappa shape index (κ3) is 6.58. The van der Waals surface area contributed by atoms with Crippen molar-refractivity contribution in [3.8, 4) is 17.2 Å². The van der Waals surface area contributed by atoms with Crippen LogP contribution in [0.3, 0.4) is 0 Å². The zero-order valence-electron chi connectivity index (χ0n) is 27.5. The second-order valence-electron chi connectivity index (χ2n) is 12.3. The van der Waals surface area contributed by atoms with Gasteiger partial charge in [0, 0.05) is 46.7 Å². The van der Waals surface area contributed by atoms with Crippen molar-refractivity contribution in [2.24, 2.45) is 0 Å². The molecule has 0 amide bonds. The van der Waals surface area contributed by atoms with Crippen molar-refractivity contribution in [3.05, 3.63) is 122 Å². The molecule has 1 heterocycles. The molecular weight excluding hydrogens is 660 g/mol. The predicted molar refractivity (Wildman–Crippen MR) is 182 cm³/mol. The number of benzene rings is 4. The molecule has 5 N–H and O–H groups in total. The molecule has 12 heteroatoms. The summed E-state index contributed by atoms with van der Waals surface area (Å²) in [6.45, 7) is 2.19. The molecule has 4 aromatic carbocycles. The van der Waals surface area contributed by atoms with Crippen molar-refractivity contribution >= 4 is 36.0 Å². The molecule has 12 nitrogen and oxygen atoms in total. The van der Waals surface area contributed by atoms with Gasteiger partial charge in [-0.15, -0.1) is 0 Å². The highest BCUT2D eigenvalue weighted by molar-refractivity contribution is 6.31. The van der Waals surface area contributed by atoms with Crippen LogP contribution < -0.4 is 9.47 Å². The maximum atomic E-state index is 14.5. The van der Waals surface area contributed by atoms with E-state index in [1.807, 2.05) is 30.3 Å². The lowest BCUT2D eigenvalue weighted by atomic mass is 9.79. The summed E-state index contributed by atoms with van der Waals surface area (Å²) in [7, 11) is 0. The number of hydrogen-bond acceptors (Lipinski definition) is 12. The predicted octanol–water partition coefficient (Wildman–Crippen LogP) is 3.37.